The molecular weight excluding hydrogens is 242 g/mol. The van der Waals surface area contributed by atoms with Crippen molar-refractivity contribution >= 4 is 11.6 Å². The summed E-state index contributed by atoms with van der Waals surface area (Å²) in [6.07, 6.45) is 3.64. The van der Waals surface area contributed by atoms with E-state index in [-0.39, 0.29) is 5.54 Å². The molecule has 1 N–H and O–H groups in total. The van der Waals surface area contributed by atoms with Crippen LogP contribution in [0.25, 0.3) is 0 Å². The molecule has 0 aliphatic rings. The van der Waals surface area contributed by atoms with Gasteiger partial charge in [-0.1, -0.05) is 37.1 Å². The molecule has 0 spiro atoms. The molecule has 102 valence electrons. The summed E-state index contributed by atoms with van der Waals surface area (Å²) in [6.45, 7) is 10.0. The largest absolute Gasteiger partial charge is 0.312 e. The first-order valence-corrected chi connectivity index (χ1v) is 7.28. The van der Waals surface area contributed by atoms with E-state index in [0.29, 0.717) is 5.92 Å². The van der Waals surface area contributed by atoms with Crippen LogP contribution in [0, 0.1) is 5.92 Å². The lowest BCUT2D eigenvalue weighted by Crippen LogP contribution is -2.39. The van der Waals surface area contributed by atoms with E-state index in [9.17, 15) is 0 Å². The highest BCUT2D eigenvalue weighted by atomic mass is 35.5. The molecule has 1 atom stereocenters. The normalized spacial score (nSPS) is 13.6. The number of halogens is 1. The summed E-state index contributed by atoms with van der Waals surface area (Å²) < 4.78 is 0. The van der Waals surface area contributed by atoms with Crippen molar-refractivity contribution in [2.75, 3.05) is 6.54 Å². The van der Waals surface area contributed by atoms with E-state index in [1.54, 1.807) is 0 Å². The molecule has 0 aliphatic heterocycles. The second-order valence-electron chi connectivity index (χ2n) is 6.12. The highest BCUT2D eigenvalue weighted by Gasteiger charge is 2.14. The van der Waals surface area contributed by atoms with E-state index in [1.807, 2.05) is 12.1 Å². The zero-order chi connectivity index (χ0) is 13.6. The van der Waals surface area contributed by atoms with Gasteiger partial charge in [-0.25, -0.2) is 0 Å². The van der Waals surface area contributed by atoms with E-state index in [4.69, 9.17) is 11.6 Å². The van der Waals surface area contributed by atoms with Gasteiger partial charge in [-0.15, -0.1) is 0 Å². The van der Waals surface area contributed by atoms with Crippen molar-refractivity contribution in [3.05, 3.63) is 34.9 Å². The summed E-state index contributed by atoms with van der Waals surface area (Å²) in [5.41, 5.74) is 1.58. The van der Waals surface area contributed by atoms with Crippen LogP contribution >= 0.6 is 11.6 Å². The molecule has 0 aliphatic carbocycles. The highest BCUT2D eigenvalue weighted by Crippen LogP contribution is 2.17. The van der Waals surface area contributed by atoms with Gasteiger partial charge in [0.25, 0.3) is 0 Å². The van der Waals surface area contributed by atoms with Gasteiger partial charge in [0.1, 0.15) is 0 Å². The van der Waals surface area contributed by atoms with Crippen molar-refractivity contribution in [2.24, 2.45) is 5.92 Å². The van der Waals surface area contributed by atoms with Gasteiger partial charge in [-0.05, 0) is 63.8 Å². The van der Waals surface area contributed by atoms with Crippen LogP contribution in [0.5, 0.6) is 0 Å². The van der Waals surface area contributed by atoms with E-state index < -0.39 is 0 Å². The van der Waals surface area contributed by atoms with Gasteiger partial charge in [0, 0.05) is 10.6 Å². The summed E-state index contributed by atoms with van der Waals surface area (Å²) >= 11 is 5.92. The molecule has 0 bridgehead atoms. The molecule has 1 nitrogen and oxygen atoms in total. The van der Waals surface area contributed by atoms with E-state index in [1.165, 1.54) is 18.4 Å². The van der Waals surface area contributed by atoms with E-state index >= 15 is 0 Å². The van der Waals surface area contributed by atoms with Gasteiger partial charge in [0.05, 0.1) is 0 Å². The summed E-state index contributed by atoms with van der Waals surface area (Å²) in [6, 6.07) is 8.25. The quantitative estimate of drug-likeness (QED) is 0.789. The first-order chi connectivity index (χ1) is 8.40. The van der Waals surface area contributed by atoms with Gasteiger partial charge in [0.15, 0.2) is 0 Å². The second kappa shape index (κ2) is 7.16. The van der Waals surface area contributed by atoms with E-state index in [0.717, 1.165) is 18.0 Å². The van der Waals surface area contributed by atoms with Crippen LogP contribution in [-0.4, -0.2) is 12.1 Å². The molecule has 2 heteroatoms. The third kappa shape index (κ3) is 6.42. The number of nitrogens with one attached hydrogen (secondary N) is 1. The predicted octanol–water partition coefficient (Wildman–Crippen LogP) is 4.69. The zero-order valence-electron chi connectivity index (χ0n) is 12.1. The molecule has 0 fully saturated rings. The fraction of sp³-hybridized carbons (Fsp3) is 0.625. The minimum absolute atomic E-state index is 0.200. The van der Waals surface area contributed by atoms with Crippen molar-refractivity contribution < 1.29 is 0 Å². The molecule has 0 saturated carbocycles. The number of benzene rings is 1. The van der Waals surface area contributed by atoms with Crippen molar-refractivity contribution in [1.29, 1.82) is 0 Å². The predicted molar refractivity (Wildman–Crippen MR) is 81.3 cm³/mol. The summed E-state index contributed by atoms with van der Waals surface area (Å²) in [5.74, 6) is 0.704. The SMILES string of the molecule is CCCC(CNC(C)(C)C)Cc1ccc(Cl)cc1. The Morgan fingerprint density at radius 3 is 2.28 bits per heavy atom. The molecule has 1 rings (SSSR count). The Kier molecular flexibility index (Phi) is 6.17. The molecular formula is C16H26ClN. The minimum atomic E-state index is 0.200. The van der Waals surface area contributed by atoms with Gasteiger partial charge in [0.2, 0.25) is 0 Å². The Labute approximate surface area is 117 Å². The fourth-order valence-corrected chi connectivity index (χ4v) is 2.21. The number of rotatable bonds is 6. The van der Waals surface area contributed by atoms with Gasteiger partial charge >= 0.3 is 0 Å². The van der Waals surface area contributed by atoms with Crippen molar-refractivity contribution in [3.63, 3.8) is 0 Å². The summed E-state index contributed by atoms with van der Waals surface area (Å²) in [5, 5.41) is 4.43. The Hall–Kier alpha value is -0.530. The molecule has 0 aromatic heterocycles. The van der Waals surface area contributed by atoms with Crippen LogP contribution in [0.4, 0.5) is 0 Å². The molecule has 0 heterocycles. The summed E-state index contributed by atoms with van der Waals surface area (Å²) in [7, 11) is 0. The van der Waals surface area contributed by atoms with Crippen molar-refractivity contribution in [2.45, 2.75) is 52.5 Å². The van der Waals surface area contributed by atoms with Crippen LogP contribution < -0.4 is 5.32 Å². The monoisotopic (exact) mass is 267 g/mol. The summed E-state index contributed by atoms with van der Waals surface area (Å²) in [4.78, 5) is 0. The Balaban J connectivity index is 2.54. The van der Waals surface area contributed by atoms with E-state index in [2.05, 4.69) is 45.1 Å². The maximum atomic E-state index is 5.92. The Bertz CT molecular complexity index is 337. The molecule has 0 saturated heterocycles. The van der Waals surface area contributed by atoms with Gasteiger partial charge in [-0.2, -0.15) is 0 Å². The smallest absolute Gasteiger partial charge is 0.0406 e. The van der Waals surface area contributed by atoms with Gasteiger partial charge < -0.3 is 5.32 Å². The third-order valence-electron chi connectivity index (χ3n) is 3.06. The molecule has 0 radical (unpaired) electrons. The zero-order valence-corrected chi connectivity index (χ0v) is 12.8. The number of hydrogen-bond acceptors (Lipinski definition) is 1. The Morgan fingerprint density at radius 1 is 1.17 bits per heavy atom. The average Bonchev–Trinajstić information content (AvgIpc) is 2.28. The highest BCUT2D eigenvalue weighted by molar-refractivity contribution is 6.30. The van der Waals surface area contributed by atoms with Crippen LogP contribution in [0.15, 0.2) is 24.3 Å². The van der Waals surface area contributed by atoms with Crippen LogP contribution in [0.3, 0.4) is 0 Å². The molecule has 0 amide bonds. The van der Waals surface area contributed by atoms with Crippen LogP contribution in [-0.2, 0) is 6.42 Å². The van der Waals surface area contributed by atoms with Crippen LogP contribution in [0.1, 0.15) is 46.1 Å². The third-order valence-corrected chi connectivity index (χ3v) is 3.31. The maximum absolute atomic E-state index is 5.92. The average molecular weight is 268 g/mol. The van der Waals surface area contributed by atoms with Gasteiger partial charge in [-0.3, -0.25) is 0 Å². The molecule has 1 aromatic rings. The lowest BCUT2D eigenvalue weighted by molar-refractivity contribution is 0.355. The van der Waals surface area contributed by atoms with Crippen molar-refractivity contribution in [1.82, 2.24) is 5.32 Å². The first kappa shape index (κ1) is 15.5. The first-order valence-electron chi connectivity index (χ1n) is 6.90. The molecule has 1 aromatic carbocycles. The topological polar surface area (TPSA) is 12.0 Å². The maximum Gasteiger partial charge on any atom is 0.0406 e. The lowest BCUT2D eigenvalue weighted by Gasteiger charge is -2.25. The lowest BCUT2D eigenvalue weighted by atomic mass is 9.94. The molecule has 1 unspecified atom stereocenters. The second-order valence-corrected chi connectivity index (χ2v) is 6.55. The number of hydrogen-bond donors (Lipinski definition) is 1. The molecule has 18 heavy (non-hydrogen) atoms. The fourth-order valence-electron chi connectivity index (χ4n) is 2.09. The Morgan fingerprint density at radius 2 is 1.78 bits per heavy atom. The van der Waals surface area contributed by atoms with Crippen LogP contribution in [0.2, 0.25) is 5.02 Å². The van der Waals surface area contributed by atoms with Crippen molar-refractivity contribution in [3.8, 4) is 0 Å². The standard InChI is InChI=1S/C16H26ClN/c1-5-6-14(12-18-16(2,3)4)11-13-7-9-15(17)10-8-13/h7-10,14,18H,5-6,11-12H2,1-4H3. The minimum Gasteiger partial charge on any atom is -0.312 e.